The van der Waals surface area contributed by atoms with E-state index < -0.39 is 0 Å². The second kappa shape index (κ2) is 7.42. The van der Waals surface area contributed by atoms with Crippen LogP contribution in [-0.2, 0) is 11.2 Å². The van der Waals surface area contributed by atoms with Crippen LogP contribution in [0.3, 0.4) is 0 Å². The molecule has 6 heteroatoms. The fourth-order valence-corrected chi connectivity index (χ4v) is 4.10. The Balaban J connectivity index is 1.43. The molecule has 0 radical (unpaired) electrons. The van der Waals surface area contributed by atoms with Crippen LogP contribution in [0.15, 0.2) is 6.20 Å². The first kappa shape index (κ1) is 15.7. The molecule has 1 N–H and O–H groups in total. The number of aromatic nitrogens is 1. The lowest BCUT2D eigenvalue weighted by atomic mass is 10.0. The van der Waals surface area contributed by atoms with E-state index in [1.54, 1.807) is 11.3 Å². The molecule has 2 aliphatic rings. The summed E-state index contributed by atoms with van der Waals surface area (Å²) in [5.41, 5.74) is 0. The van der Waals surface area contributed by atoms with Gasteiger partial charge in [-0.05, 0) is 38.3 Å². The van der Waals surface area contributed by atoms with Gasteiger partial charge in [0.2, 0.25) is 5.91 Å². The Morgan fingerprint density at radius 1 is 1.41 bits per heavy atom. The number of hydrogen-bond donors (Lipinski definition) is 1. The fourth-order valence-electron chi connectivity index (χ4n) is 3.20. The molecule has 0 aliphatic carbocycles. The highest BCUT2D eigenvalue weighted by Crippen LogP contribution is 2.24. The van der Waals surface area contributed by atoms with Gasteiger partial charge >= 0.3 is 0 Å². The summed E-state index contributed by atoms with van der Waals surface area (Å²) in [6.45, 7) is 7.86. The van der Waals surface area contributed by atoms with Crippen molar-refractivity contribution in [2.24, 2.45) is 5.92 Å². The van der Waals surface area contributed by atoms with Gasteiger partial charge in [0.1, 0.15) is 0 Å². The third-order valence-corrected chi connectivity index (χ3v) is 5.92. The number of anilines is 1. The van der Waals surface area contributed by atoms with Crippen LogP contribution in [0.25, 0.3) is 0 Å². The largest absolute Gasteiger partial charge is 0.345 e. The summed E-state index contributed by atoms with van der Waals surface area (Å²) in [6, 6.07) is 0. The molecular formula is C16H26N4OS. The van der Waals surface area contributed by atoms with Gasteiger partial charge in [-0.25, -0.2) is 4.98 Å². The van der Waals surface area contributed by atoms with E-state index >= 15 is 0 Å². The van der Waals surface area contributed by atoms with Crippen molar-refractivity contribution in [2.75, 3.05) is 44.2 Å². The number of aryl methyl sites for hydroxylation is 1. The smallest absolute Gasteiger partial charge is 0.222 e. The third kappa shape index (κ3) is 3.79. The minimum absolute atomic E-state index is 0.333. The van der Waals surface area contributed by atoms with Crippen molar-refractivity contribution < 1.29 is 4.79 Å². The van der Waals surface area contributed by atoms with Gasteiger partial charge in [-0.15, -0.1) is 11.3 Å². The molecule has 22 heavy (non-hydrogen) atoms. The normalized spacial score (nSPS) is 22.3. The summed E-state index contributed by atoms with van der Waals surface area (Å²) in [5.74, 6) is 1.04. The van der Waals surface area contributed by atoms with Crippen LogP contribution in [-0.4, -0.2) is 55.1 Å². The van der Waals surface area contributed by atoms with Crippen LogP contribution < -0.4 is 10.2 Å². The molecule has 2 saturated heterocycles. The molecule has 5 nitrogen and oxygen atoms in total. The number of carbonyl (C=O) groups excluding carboxylic acids is 1. The summed E-state index contributed by atoms with van der Waals surface area (Å²) in [7, 11) is 0. The van der Waals surface area contributed by atoms with Gasteiger partial charge in [0.05, 0.1) is 0 Å². The van der Waals surface area contributed by atoms with E-state index in [1.807, 2.05) is 11.1 Å². The first-order chi connectivity index (χ1) is 10.8. The molecule has 1 aromatic heterocycles. The highest BCUT2D eigenvalue weighted by Gasteiger charge is 2.24. The van der Waals surface area contributed by atoms with Crippen molar-refractivity contribution >= 4 is 22.4 Å². The lowest BCUT2D eigenvalue weighted by Gasteiger charge is -2.34. The topological polar surface area (TPSA) is 48.5 Å². The molecule has 122 valence electrons. The number of nitrogens with one attached hydrogen (secondary N) is 1. The van der Waals surface area contributed by atoms with E-state index in [4.69, 9.17) is 0 Å². The molecular weight excluding hydrogens is 296 g/mol. The zero-order valence-electron chi connectivity index (χ0n) is 13.4. The van der Waals surface area contributed by atoms with Crippen LogP contribution in [0, 0.1) is 5.92 Å². The average molecular weight is 322 g/mol. The van der Waals surface area contributed by atoms with Crippen molar-refractivity contribution in [1.82, 2.24) is 15.2 Å². The third-order valence-electron chi connectivity index (χ3n) is 4.72. The highest BCUT2D eigenvalue weighted by molar-refractivity contribution is 7.15. The van der Waals surface area contributed by atoms with Crippen LogP contribution >= 0.6 is 11.3 Å². The molecule has 1 amide bonds. The van der Waals surface area contributed by atoms with Crippen molar-refractivity contribution in [3.63, 3.8) is 0 Å². The Hall–Kier alpha value is -1.14. The van der Waals surface area contributed by atoms with E-state index in [2.05, 4.69) is 22.1 Å². The van der Waals surface area contributed by atoms with Gasteiger partial charge < -0.3 is 15.1 Å². The van der Waals surface area contributed by atoms with E-state index in [9.17, 15) is 4.79 Å². The number of carbonyl (C=O) groups is 1. The van der Waals surface area contributed by atoms with Gasteiger partial charge in [-0.3, -0.25) is 4.79 Å². The maximum atomic E-state index is 12.3. The standard InChI is InChI=1S/C16H26N4OS/c1-2-14-12-18-16(22-14)20-9-7-19(8-10-20)15(21)4-3-13-5-6-17-11-13/h12-13,17H,2-11H2,1H3. The molecule has 0 spiro atoms. The van der Waals surface area contributed by atoms with Crippen molar-refractivity contribution in [3.8, 4) is 0 Å². The maximum Gasteiger partial charge on any atom is 0.222 e. The quantitative estimate of drug-likeness (QED) is 0.897. The number of nitrogens with zero attached hydrogens (tertiary/aromatic N) is 3. The van der Waals surface area contributed by atoms with Gasteiger partial charge in [0.25, 0.3) is 0 Å². The summed E-state index contributed by atoms with van der Waals surface area (Å²) in [4.78, 5) is 22.5. The predicted molar refractivity (Wildman–Crippen MR) is 90.5 cm³/mol. The Morgan fingerprint density at radius 2 is 2.23 bits per heavy atom. The molecule has 1 unspecified atom stereocenters. The van der Waals surface area contributed by atoms with Crippen LogP contribution in [0.1, 0.15) is 31.1 Å². The number of hydrogen-bond acceptors (Lipinski definition) is 5. The van der Waals surface area contributed by atoms with Gasteiger partial charge in [-0.2, -0.15) is 0 Å². The number of rotatable bonds is 5. The zero-order valence-corrected chi connectivity index (χ0v) is 14.2. The summed E-state index contributed by atoms with van der Waals surface area (Å²) < 4.78 is 0. The lowest BCUT2D eigenvalue weighted by Crippen LogP contribution is -2.48. The number of piperazine rings is 1. The van der Waals surface area contributed by atoms with Gasteiger partial charge in [-0.1, -0.05) is 6.92 Å². The molecule has 3 heterocycles. The van der Waals surface area contributed by atoms with E-state index in [-0.39, 0.29) is 0 Å². The Morgan fingerprint density at radius 3 is 2.86 bits per heavy atom. The summed E-state index contributed by atoms with van der Waals surface area (Å²) in [6.07, 6.45) is 6.01. The first-order valence-electron chi connectivity index (χ1n) is 8.44. The minimum atomic E-state index is 0.333. The molecule has 0 bridgehead atoms. The zero-order chi connectivity index (χ0) is 15.4. The number of amides is 1. The van der Waals surface area contributed by atoms with Crippen LogP contribution in [0.2, 0.25) is 0 Å². The van der Waals surface area contributed by atoms with Crippen molar-refractivity contribution in [1.29, 1.82) is 0 Å². The Kier molecular flexibility index (Phi) is 5.31. The van der Waals surface area contributed by atoms with E-state index in [0.717, 1.165) is 57.2 Å². The second-order valence-electron chi connectivity index (χ2n) is 6.23. The number of thiazole rings is 1. The first-order valence-corrected chi connectivity index (χ1v) is 9.26. The van der Waals surface area contributed by atoms with Gasteiger partial charge in [0.15, 0.2) is 5.13 Å². The van der Waals surface area contributed by atoms with E-state index in [0.29, 0.717) is 18.2 Å². The Bertz CT molecular complexity index is 490. The van der Waals surface area contributed by atoms with Crippen LogP contribution in [0.5, 0.6) is 0 Å². The molecule has 1 aromatic rings. The van der Waals surface area contributed by atoms with Crippen molar-refractivity contribution in [2.45, 2.75) is 32.6 Å². The minimum Gasteiger partial charge on any atom is -0.345 e. The highest BCUT2D eigenvalue weighted by atomic mass is 32.1. The molecule has 2 fully saturated rings. The van der Waals surface area contributed by atoms with Crippen LogP contribution in [0.4, 0.5) is 5.13 Å². The lowest BCUT2D eigenvalue weighted by molar-refractivity contribution is -0.131. The SMILES string of the molecule is CCc1cnc(N2CCN(C(=O)CCC3CCNC3)CC2)s1. The predicted octanol–water partition coefficient (Wildman–Crippen LogP) is 1.74. The molecule has 0 saturated carbocycles. The average Bonchev–Trinajstić information content (AvgIpc) is 3.24. The molecule has 1 atom stereocenters. The molecule has 3 rings (SSSR count). The van der Waals surface area contributed by atoms with Gasteiger partial charge in [0, 0.05) is 43.7 Å². The summed E-state index contributed by atoms with van der Waals surface area (Å²) in [5, 5.41) is 4.48. The Labute approximate surface area is 136 Å². The second-order valence-corrected chi connectivity index (χ2v) is 7.32. The molecule has 2 aliphatic heterocycles. The van der Waals surface area contributed by atoms with E-state index in [1.165, 1.54) is 11.3 Å². The maximum absolute atomic E-state index is 12.3. The monoisotopic (exact) mass is 322 g/mol. The summed E-state index contributed by atoms with van der Waals surface area (Å²) >= 11 is 1.78. The van der Waals surface area contributed by atoms with Crippen molar-refractivity contribution in [3.05, 3.63) is 11.1 Å². The fraction of sp³-hybridized carbons (Fsp3) is 0.750. The molecule has 0 aromatic carbocycles.